The van der Waals surface area contributed by atoms with Crippen LogP contribution in [0, 0.1) is 0 Å². The average Bonchev–Trinajstić information content (AvgIpc) is 2.46. The van der Waals surface area contributed by atoms with Gasteiger partial charge in [0.2, 0.25) is 0 Å². The van der Waals surface area contributed by atoms with Gasteiger partial charge in [-0.1, -0.05) is 28.1 Å². The standard InChI is InChI=1S/C16H11Br3N2/c17-12-7-13(18)16(14(19)8-12)21-9-10-3-4-15-11(6-10)2-1-5-20-15/h1-8,21H,9H2. The molecule has 3 aromatic rings. The highest BCUT2D eigenvalue weighted by atomic mass is 79.9. The van der Waals surface area contributed by atoms with Gasteiger partial charge in [0.25, 0.3) is 0 Å². The summed E-state index contributed by atoms with van der Waals surface area (Å²) in [6.45, 7) is 0.754. The summed E-state index contributed by atoms with van der Waals surface area (Å²) in [4.78, 5) is 4.34. The quantitative estimate of drug-likeness (QED) is 0.497. The number of fused-ring (bicyclic) bond motifs is 1. The van der Waals surface area contributed by atoms with Crippen molar-refractivity contribution in [2.75, 3.05) is 5.32 Å². The van der Waals surface area contributed by atoms with Crippen molar-refractivity contribution in [3.8, 4) is 0 Å². The SMILES string of the molecule is Brc1cc(Br)c(NCc2ccc3ncccc3c2)c(Br)c1. The minimum atomic E-state index is 0.754. The summed E-state index contributed by atoms with van der Waals surface area (Å²) in [6, 6.07) is 14.4. The number of hydrogen-bond acceptors (Lipinski definition) is 2. The number of nitrogens with one attached hydrogen (secondary N) is 1. The lowest BCUT2D eigenvalue weighted by Gasteiger charge is -2.12. The second-order valence-electron chi connectivity index (χ2n) is 4.63. The summed E-state index contributed by atoms with van der Waals surface area (Å²) in [7, 11) is 0. The lowest BCUT2D eigenvalue weighted by atomic mass is 10.1. The van der Waals surface area contributed by atoms with Crippen LogP contribution in [-0.2, 0) is 6.54 Å². The monoisotopic (exact) mass is 468 g/mol. The fourth-order valence-electron chi connectivity index (χ4n) is 2.14. The molecule has 0 radical (unpaired) electrons. The Morgan fingerprint density at radius 3 is 2.48 bits per heavy atom. The van der Waals surface area contributed by atoms with Gasteiger partial charge in [0, 0.05) is 31.5 Å². The largest absolute Gasteiger partial charge is 0.379 e. The zero-order valence-electron chi connectivity index (χ0n) is 10.9. The molecule has 0 saturated heterocycles. The number of rotatable bonds is 3. The molecule has 0 aliphatic rings. The molecule has 21 heavy (non-hydrogen) atoms. The average molecular weight is 471 g/mol. The van der Waals surface area contributed by atoms with Gasteiger partial charge in [-0.05, 0) is 67.8 Å². The van der Waals surface area contributed by atoms with Gasteiger partial charge in [-0.3, -0.25) is 4.98 Å². The maximum absolute atomic E-state index is 4.34. The van der Waals surface area contributed by atoms with Gasteiger partial charge in [0.05, 0.1) is 11.2 Å². The van der Waals surface area contributed by atoms with Crippen molar-refractivity contribution < 1.29 is 0 Å². The molecule has 2 nitrogen and oxygen atoms in total. The molecule has 0 bridgehead atoms. The number of benzene rings is 2. The first-order valence-electron chi connectivity index (χ1n) is 6.35. The van der Waals surface area contributed by atoms with E-state index in [1.165, 1.54) is 5.56 Å². The third-order valence-corrected chi connectivity index (χ3v) is 4.85. The number of anilines is 1. The first kappa shape index (κ1) is 15.0. The van der Waals surface area contributed by atoms with Gasteiger partial charge in [0.15, 0.2) is 0 Å². The predicted octanol–water partition coefficient (Wildman–Crippen LogP) is 6.13. The van der Waals surface area contributed by atoms with Gasteiger partial charge >= 0.3 is 0 Å². The van der Waals surface area contributed by atoms with Crippen molar-refractivity contribution in [2.45, 2.75) is 6.54 Å². The maximum atomic E-state index is 4.34. The summed E-state index contributed by atoms with van der Waals surface area (Å²) >= 11 is 10.6. The topological polar surface area (TPSA) is 24.9 Å². The van der Waals surface area contributed by atoms with E-state index in [4.69, 9.17) is 0 Å². The Balaban J connectivity index is 1.83. The van der Waals surface area contributed by atoms with Crippen LogP contribution in [0.3, 0.4) is 0 Å². The van der Waals surface area contributed by atoms with Gasteiger partial charge in [-0.15, -0.1) is 0 Å². The van der Waals surface area contributed by atoms with Crippen molar-refractivity contribution in [3.05, 3.63) is 67.6 Å². The predicted molar refractivity (Wildman–Crippen MR) is 98.6 cm³/mol. The molecule has 0 unspecified atom stereocenters. The van der Waals surface area contributed by atoms with Crippen LogP contribution >= 0.6 is 47.8 Å². The van der Waals surface area contributed by atoms with E-state index >= 15 is 0 Å². The number of aromatic nitrogens is 1. The number of pyridine rings is 1. The lowest BCUT2D eigenvalue weighted by Crippen LogP contribution is -2.01. The van der Waals surface area contributed by atoms with Gasteiger partial charge < -0.3 is 5.32 Å². The molecule has 0 amide bonds. The molecule has 1 aromatic heterocycles. The number of hydrogen-bond donors (Lipinski definition) is 1. The van der Waals surface area contributed by atoms with Crippen LogP contribution in [0.2, 0.25) is 0 Å². The first-order valence-corrected chi connectivity index (χ1v) is 8.73. The Morgan fingerprint density at radius 1 is 0.952 bits per heavy atom. The highest BCUT2D eigenvalue weighted by Gasteiger charge is 2.06. The smallest absolute Gasteiger partial charge is 0.0702 e. The first-order chi connectivity index (χ1) is 10.1. The zero-order valence-corrected chi connectivity index (χ0v) is 15.7. The zero-order chi connectivity index (χ0) is 14.8. The van der Waals surface area contributed by atoms with Crippen molar-refractivity contribution >= 4 is 64.4 Å². The Hall–Kier alpha value is -0.910. The number of nitrogens with zero attached hydrogens (tertiary/aromatic N) is 1. The maximum Gasteiger partial charge on any atom is 0.0702 e. The fraction of sp³-hybridized carbons (Fsp3) is 0.0625. The van der Waals surface area contributed by atoms with Crippen LogP contribution in [0.15, 0.2) is 62.1 Å². The van der Waals surface area contributed by atoms with Crippen LogP contribution in [0.4, 0.5) is 5.69 Å². The molecular weight excluding hydrogens is 460 g/mol. The Morgan fingerprint density at radius 2 is 1.71 bits per heavy atom. The third-order valence-electron chi connectivity index (χ3n) is 3.14. The molecule has 0 aliphatic carbocycles. The van der Waals surface area contributed by atoms with Crippen LogP contribution in [0.5, 0.6) is 0 Å². The molecule has 0 fully saturated rings. The van der Waals surface area contributed by atoms with E-state index in [1.54, 1.807) is 0 Å². The second kappa shape index (κ2) is 6.46. The molecule has 0 spiro atoms. The van der Waals surface area contributed by atoms with Gasteiger partial charge in [0.1, 0.15) is 0 Å². The van der Waals surface area contributed by atoms with Crippen LogP contribution in [0.25, 0.3) is 10.9 Å². The van der Waals surface area contributed by atoms with Crippen molar-refractivity contribution in [1.29, 1.82) is 0 Å². The minimum absolute atomic E-state index is 0.754. The molecule has 5 heteroatoms. The van der Waals surface area contributed by atoms with Crippen LogP contribution in [0.1, 0.15) is 5.56 Å². The van der Waals surface area contributed by atoms with E-state index in [1.807, 2.05) is 24.4 Å². The van der Waals surface area contributed by atoms with E-state index < -0.39 is 0 Å². The Bertz CT molecular complexity index is 779. The highest BCUT2D eigenvalue weighted by molar-refractivity contribution is 9.11. The molecular formula is C16H11Br3N2. The highest BCUT2D eigenvalue weighted by Crippen LogP contribution is 2.34. The van der Waals surface area contributed by atoms with Crippen LogP contribution < -0.4 is 5.32 Å². The lowest BCUT2D eigenvalue weighted by molar-refractivity contribution is 1.14. The molecule has 1 N–H and O–H groups in total. The third kappa shape index (κ3) is 3.47. The molecule has 0 atom stereocenters. The fourth-order valence-corrected chi connectivity index (χ4v) is 4.68. The normalized spacial score (nSPS) is 10.8. The van der Waals surface area contributed by atoms with E-state index in [0.29, 0.717) is 0 Å². The molecule has 106 valence electrons. The summed E-state index contributed by atoms with van der Waals surface area (Å²) in [5.41, 5.74) is 3.29. The van der Waals surface area contributed by atoms with Crippen LogP contribution in [-0.4, -0.2) is 4.98 Å². The summed E-state index contributed by atoms with van der Waals surface area (Å²) in [5.74, 6) is 0. The van der Waals surface area contributed by atoms with Crippen molar-refractivity contribution in [2.24, 2.45) is 0 Å². The molecule has 3 rings (SSSR count). The van der Waals surface area contributed by atoms with Gasteiger partial charge in [-0.25, -0.2) is 0 Å². The van der Waals surface area contributed by atoms with Gasteiger partial charge in [-0.2, -0.15) is 0 Å². The second-order valence-corrected chi connectivity index (χ2v) is 7.25. The van der Waals surface area contributed by atoms with E-state index in [0.717, 1.165) is 36.6 Å². The van der Waals surface area contributed by atoms with E-state index in [9.17, 15) is 0 Å². The molecule has 1 heterocycles. The summed E-state index contributed by atoms with van der Waals surface area (Å²) in [5, 5.41) is 4.61. The molecule has 0 saturated carbocycles. The van der Waals surface area contributed by atoms with E-state index in [2.05, 4.69) is 82.4 Å². The van der Waals surface area contributed by atoms with E-state index in [-0.39, 0.29) is 0 Å². The number of halogens is 3. The minimum Gasteiger partial charge on any atom is -0.379 e. The summed E-state index contributed by atoms with van der Waals surface area (Å²) < 4.78 is 3.07. The van der Waals surface area contributed by atoms with Crippen molar-refractivity contribution in [1.82, 2.24) is 4.98 Å². The molecule has 0 aliphatic heterocycles. The Kier molecular flexibility index (Phi) is 4.62. The Labute approximate surface area is 148 Å². The summed E-state index contributed by atoms with van der Waals surface area (Å²) in [6.07, 6.45) is 1.82. The van der Waals surface area contributed by atoms with Crippen molar-refractivity contribution in [3.63, 3.8) is 0 Å². The molecule has 2 aromatic carbocycles.